The van der Waals surface area contributed by atoms with Gasteiger partial charge in [0.2, 0.25) is 5.76 Å². The van der Waals surface area contributed by atoms with E-state index in [4.69, 9.17) is 4.42 Å². The van der Waals surface area contributed by atoms with E-state index in [1.54, 1.807) is 0 Å². The van der Waals surface area contributed by atoms with E-state index in [9.17, 15) is 4.79 Å². The van der Waals surface area contributed by atoms with Crippen LogP contribution in [0.15, 0.2) is 17.0 Å². The first-order valence-electron chi connectivity index (χ1n) is 9.35. The molecule has 0 radical (unpaired) electrons. The fourth-order valence-corrected chi connectivity index (χ4v) is 4.02. The van der Waals surface area contributed by atoms with Gasteiger partial charge in [0.25, 0.3) is 5.91 Å². The summed E-state index contributed by atoms with van der Waals surface area (Å²) >= 11 is 0. The number of likely N-dealkylation sites (tertiary alicyclic amines) is 1. The summed E-state index contributed by atoms with van der Waals surface area (Å²) in [6.07, 6.45) is 9.38. The van der Waals surface area contributed by atoms with Crippen molar-refractivity contribution in [2.75, 3.05) is 13.1 Å². The Hall–Kier alpha value is -2.11. The number of oxazole rings is 1. The van der Waals surface area contributed by atoms with Gasteiger partial charge in [0.15, 0.2) is 6.39 Å². The number of hydrogen-bond donors (Lipinski definition) is 0. The molecule has 4 rings (SSSR count). The molecule has 0 N–H and O–H groups in total. The predicted octanol–water partition coefficient (Wildman–Crippen LogP) is 3.31. The molecule has 1 aliphatic carbocycles. The molecule has 1 amide bonds. The second kappa shape index (κ2) is 6.65. The third-order valence-corrected chi connectivity index (χ3v) is 5.74. The molecule has 0 bridgehead atoms. The van der Waals surface area contributed by atoms with Crippen LogP contribution in [0.2, 0.25) is 0 Å². The minimum absolute atomic E-state index is 0.0266. The normalized spacial score (nSPS) is 21.4. The number of aryl methyl sites for hydroxylation is 2. The molecule has 2 aromatic heterocycles. The lowest BCUT2D eigenvalue weighted by molar-refractivity contribution is 0.0628. The average Bonchev–Trinajstić information content (AvgIpc) is 3.13. The molecular formula is C19H26N4O2. The van der Waals surface area contributed by atoms with Crippen LogP contribution in [0.5, 0.6) is 0 Å². The molecule has 3 heterocycles. The third-order valence-electron chi connectivity index (χ3n) is 5.74. The maximum atomic E-state index is 12.7. The summed E-state index contributed by atoms with van der Waals surface area (Å²) in [5.41, 5.74) is 1.90. The zero-order chi connectivity index (χ0) is 17.4. The first-order chi connectivity index (χ1) is 12.1. The number of carbonyl (C=O) groups is 1. The minimum Gasteiger partial charge on any atom is -0.438 e. The molecule has 134 valence electrons. The summed E-state index contributed by atoms with van der Waals surface area (Å²) in [6.45, 7) is 6.49. The molecule has 0 spiro atoms. The lowest BCUT2D eigenvalue weighted by Crippen LogP contribution is -2.41. The van der Waals surface area contributed by atoms with Gasteiger partial charge in [0.1, 0.15) is 5.82 Å². The summed E-state index contributed by atoms with van der Waals surface area (Å²) in [7, 11) is 0. The van der Waals surface area contributed by atoms with Crippen LogP contribution in [0.4, 0.5) is 0 Å². The minimum atomic E-state index is -0.0266. The maximum Gasteiger partial charge on any atom is 0.291 e. The van der Waals surface area contributed by atoms with Crippen LogP contribution in [0.25, 0.3) is 0 Å². The monoisotopic (exact) mass is 342 g/mol. The van der Waals surface area contributed by atoms with Crippen molar-refractivity contribution < 1.29 is 9.21 Å². The van der Waals surface area contributed by atoms with Crippen molar-refractivity contribution in [1.82, 2.24) is 19.4 Å². The Balaban J connectivity index is 1.46. The Kier molecular flexibility index (Phi) is 4.36. The van der Waals surface area contributed by atoms with Crippen molar-refractivity contribution in [1.29, 1.82) is 0 Å². The number of hydrogen-bond acceptors (Lipinski definition) is 4. The highest BCUT2D eigenvalue weighted by Gasteiger charge is 2.30. The van der Waals surface area contributed by atoms with Gasteiger partial charge < -0.3 is 13.9 Å². The molecular weight excluding hydrogens is 316 g/mol. The lowest BCUT2D eigenvalue weighted by atomic mass is 9.84. The van der Waals surface area contributed by atoms with E-state index in [1.807, 2.05) is 18.0 Å². The second-order valence-electron chi connectivity index (χ2n) is 7.52. The SMILES string of the molecule is Cc1ncoc1C(=O)N1CCCC(Cn2c(C)cnc2C2CCC2)C1. The molecule has 6 heteroatoms. The highest BCUT2D eigenvalue weighted by atomic mass is 16.3. The van der Waals surface area contributed by atoms with E-state index < -0.39 is 0 Å². The van der Waals surface area contributed by atoms with Crippen molar-refractivity contribution in [2.45, 2.75) is 58.4 Å². The third kappa shape index (κ3) is 3.10. The summed E-state index contributed by atoms with van der Waals surface area (Å²) < 4.78 is 7.69. The van der Waals surface area contributed by atoms with E-state index in [0.717, 1.165) is 32.5 Å². The number of imidazole rings is 1. The van der Waals surface area contributed by atoms with E-state index in [2.05, 4.69) is 21.5 Å². The van der Waals surface area contributed by atoms with Gasteiger partial charge in [-0.2, -0.15) is 0 Å². The molecule has 2 aliphatic rings. The summed E-state index contributed by atoms with van der Waals surface area (Å²) in [4.78, 5) is 23.3. The molecule has 1 aliphatic heterocycles. The average molecular weight is 342 g/mol. The number of piperidine rings is 1. The Bertz CT molecular complexity index is 759. The number of rotatable bonds is 4. The molecule has 25 heavy (non-hydrogen) atoms. The van der Waals surface area contributed by atoms with Crippen molar-refractivity contribution in [2.24, 2.45) is 5.92 Å². The highest BCUT2D eigenvalue weighted by Crippen LogP contribution is 2.36. The van der Waals surface area contributed by atoms with Crippen LogP contribution < -0.4 is 0 Å². The largest absolute Gasteiger partial charge is 0.438 e. The van der Waals surface area contributed by atoms with Crippen molar-refractivity contribution in [3.05, 3.63) is 35.6 Å². The Labute approximate surface area is 148 Å². The van der Waals surface area contributed by atoms with E-state index in [0.29, 0.717) is 23.3 Å². The number of amides is 1. The van der Waals surface area contributed by atoms with Gasteiger partial charge in [-0.1, -0.05) is 6.42 Å². The Morgan fingerprint density at radius 2 is 2.08 bits per heavy atom. The first kappa shape index (κ1) is 16.4. The molecule has 1 unspecified atom stereocenters. The topological polar surface area (TPSA) is 64.2 Å². The van der Waals surface area contributed by atoms with Crippen molar-refractivity contribution >= 4 is 5.91 Å². The maximum absolute atomic E-state index is 12.7. The van der Waals surface area contributed by atoms with Gasteiger partial charge in [-0.15, -0.1) is 0 Å². The van der Waals surface area contributed by atoms with E-state index in [1.165, 1.54) is 37.2 Å². The summed E-state index contributed by atoms with van der Waals surface area (Å²) in [5, 5.41) is 0. The molecule has 2 fully saturated rings. The Morgan fingerprint density at radius 3 is 2.76 bits per heavy atom. The van der Waals surface area contributed by atoms with Crippen LogP contribution in [-0.4, -0.2) is 38.4 Å². The zero-order valence-corrected chi connectivity index (χ0v) is 15.1. The summed E-state index contributed by atoms with van der Waals surface area (Å²) in [6, 6.07) is 0. The lowest BCUT2D eigenvalue weighted by Gasteiger charge is -2.34. The van der Waals surface area contributed by atoms with Crippen molar-refractivity contribution in [3.63, 3.8) is 0 Å². The van der Waals surface area contributed by atoms with Crippen LogP contribution in [0.1, 0.15) is 65.8 Å². The van der Waals surface area contributed by atoms with Crippen molar-refractivity contribution in [3.8, 4) is 0 Å². The zero-order valence-electron chi connectivity index (χ0n) is 15.1. The van der Waals surface area contributed by atoms with Gasteiger partial charge in [0, 0.05) is 37.4 Å². The van der Waals surface area contributed by atoms with Gasteiger partial charge in [-0.05, 0) is 45.4 Å². The molecule has 2 aromatic rings. The quantitative estimate of drug-likeness (QED) is 0.855. The number of nitrogens with zero attached hydrogens (tertiary/aromatic N) is 4. The first-order valence-corrected chi connectivity index (χ1v) is 9.35. The molecule has 1 saturated carbocycles. The fraction of sp³-hybridized carbons (Fsp3) is 0.632. The van der Waals surface area contributed by atoms with Gasteiger partial charge in [0.05, 0.1) is 5.69 Å². The van der Waals surface area contributed by atoms with Crippen LogP contribution in [0, 0.1) is 19.8 Å². The van der Waals surface area contributed by atoms with Gasteiger partial charge in [-0.25, -0.2) is 9.97 Å². The number of carbonyl (C=O) groups excluding carboxylic acids is 1. The molecule has 0 aromatic carbocycles. The molecule has 1 atom stereocenters. The van der Waals surface area contributed by atoms with E-state index >= 15 is 0 Å². The van der Waals surface area contributed by atoms with Gasteiger partial charge in [-0.3, -0.25) is 4.79 Å². The van der Waals surface area contributed by atoms with Gasteiger partial charge >= 0.3 is 0 Å². The predicted molar refractivity (Wildman–Crippen MR) is 93.4 cm³/mol. The Morgan fingerprint density at radius 1 is 1.24 bits per heavy atom. The smallest absolute Gasteiger partial charge is 0.291 e. The standard InChI is InChI=1S/C19H26N4O2/c1-13-9-20-18(16-6-3-7-16)23(13)11-15-5-4-8-22(10-15)19(24)17-14(2)21-12-25-17/h9,12,15-16H,3-8,10-11H2,1-2H3. The fourth-order valence-electron chi connectivity index (χ4n) is 4.02. The van der Waals surface area contributed by atoms with Crippen LogP contribution in [-0.2, 0) is 6.54 Å². The second-order valence-corrected chi connectivity index (χ2v) is 7.52. The number of aromatic nitrogens is 3. The van der Waals surface area contributed by atoms with Crippen LogP contribution >= 0.6 is 0 Å². The van der Waals surface area contributed by atoms with Crippen LogP contribution in [0.3, 0.4) is 0 Å². The summed E-state index contributed by atoms with van der Waals surface area (Å²) in [5.74, 6) is 2.70. The van der Waals surface area contributed by atoms with E-state index in [-0.39, 0.29) is 5.91 Å². The molecule has 6 nitrogen and oxygen atoms in total. The molecule has 1 saturated heterocycles. The highest BCUT2D eigenvalue weighted by molar-refractivity contribution is 5.92.